The number of anilines is 1. The average Bonchev–Trinajstić information content (AvgIpc) is 3.26. The van der Waals surface area contributed by atoms with Crippen LogP contribution in [0.5, 0.6) is 5.75 Å². The van der Waals surface area contributed by atoms with Crippen LogP contribution >= 0.6 is 0 Å². The van der Waals surface area contributed by atoms with Gasteiger partial charge in [0.2, 0.25) is 0 Å². The molecule has 1 fully saturated rings. The Morgan fingerprint density at radius 3 is 2.38 bits per heavy atom. The van der Waals surface area contributed by atoms with E-state index in [1.165, 1.54) is 0 Å². The zero-order valence-corrected chi connectivity index (χ0v) is 20.4. The van der Waals surface area contributed by atoms with Gasteiger partial charge in [-0.15, -0.1) is 10.2 Å². The number of nitrogens with one attached hydrogen (secondary N) is 2. The number of phenols is 1. The third kappa shape index (κ3) is 4.23. The number of hydrogen-bond donors (Lipinski definition) is 3. The van der Waals surface area contributed by atoms with E-state index in [4.69, 9.17) is 0 Å². The van der Waals surface area contributed by atoms with Crippen LogP contribution in [-0.2, 0) is 0 Å². The van der Waals surface area contributed by atoms with Crippen molar-refractivity contribution in [3.63, 3.8) is 0 Å². The van der Waals surface area contributed by atoms with Crippen LogP contribution in [0, 0.1) is 0 Å². The molecule has 34 heavy (non-hydrogen) atoms. The highest BCUT2D eigenvalue weighted by molar-refractivity contribution is 5.94. The first-order valence-electron chi connectivity index (χ1n) is 11.7. The van der Waals surface area contributed by atoms with Crippen LogP contribution in [0.15, 0.2) is 54.7 Å². The molecular weight excluding hydrogens is 424 g/mol. The van der Waals surface area contributed by atoms with Crippen molar-refractivity contribution in [2.24, 2.45) is 0 Å². The summed E-state index contributed by atoms with van der Waals surface area (Å²) >= 11 is 0. The van der Waals surface area contributed by atoms with Crippen LogP contribution in [0.2, 0.25) is 0 Å². The van der Waals surface area contributed by atoms with Gasteiger partial charge >= 0.3 is 0 Å². The van der Waals surface area contributed by atoms with E-state index in [1.807, 2.05) is 42.5 Å². The van der Waals surface area contributed by atoms with Crippen LogP contribution in [0.4, 0.5) is 5.82 Å². The normalized spacial score (nSPS) is 17.7. The number of benzene rings is 2. The molecule has 0 amide bonds. The molecular formula is C27H32N6O. The summed E-state index contributed by atoms with van der Waals surface area (Å²) in [5, 5.41) is 31.7. The van der Waals surface area contributed by atoms with Crippen molar-refractivity contribution in [3.8, 4) is 28.1 Å². The summed E-state index contributed by atoms with van der Waals surface area (Å²) in [6, 6.07) is 16.0. The Labute approximate surface area is 200 Å². The van der Waals surface area contributed by atoms with E-state index in [-0.39, 0.29) is 16.8 Å². The minimum Gasteiger partial charge on any atom is -0.507 e. The third-order valence-corrected chi connectivity index (χ3v) is 6.79. The zero-order chi connectivity index (χ0) is 24.1. The molecule has 4 aromatic rings. The molecule has 0 aliphatic carbocycles. The van der Waals surface area contributed by atoms with Crippen LogP contribution in [0.25, 0.3) is 33.3 Å². The number of fused-ring (bicyclic) bond motifs is 1. The summed E-state index contributed by atoms with van der Waals surface area (Å²) in [7, 11) is 2.09. The highest BCUT2D eigenvalue weighted by Gasteiger charge is 2.39. The second kappa shape index (κ2) is 8.09. The Balaban J connectivity index is 1.39. The fourth-order valence-corrected chi connectivity index (χ4v) is 5.51. The Hall–Kier alpha value is -3.45. The highest BCUT2D eigenvalue weighted by atomic mass is 16.3. The number of aromatic hydroxyl groups is 1. The molecule has 1 aliphatic rings. The number of phenolic OH excluding ortho intramolecular Hbond substituents is 1. The Kier molecular flexibility index (Phi) is 5.32. The first-order chi connectivity index (χ1) is 16.1. The second-order valence-electron chi connectivity index (χ2n) is 10.7. The molecule has 1 saturated heterocycles. The summed E-state index contributed by atoms with van der Waals surface area (Å²) in [4.78, 5) is 2.23. The summed E-state index contributed by atoms with van der Waals surface area (Å²) < 4.78 is 0. The molecule has 3 N–H and O–H groups in total. The Morgan fingerprint density at radius 2 is 1.71 bits per heavy atom. The van der Waals surface area contributed by atoms with E-state index in [9.17, 15) is 5.11 Å². The molecule has 3 heterocycles. The number of aromatic nitrogens is 4. The van der Waals surface area contributed by atoms with Crippen molar-refractivity contribution in [1.82, 2.24) is 25.7 Å². The summed E-state index contributed by atoms with van der Waals surface area (Å²) in [5.41, 5.74) is 4.28. The van der Waals surface area contributed by atoms with Gasteiger partial charge in [-0.1, -0.05) is 24.3 Å². The fraction of sp³-hybridized carbons (Fsp3) is 0.370. The molecule has 0 radical (unpaired) electrons. The molecule has 7 nitrogen and oxygen atoms in total. The number of rotatable bonds is 4. The fourth-order valence-electron chi connectivity index (χ4n) is 5.51. The summed E-state index contributed by atoms with van der Waals surface area (Å²) in [5.74, 6) is 1.01. The van der Waals surface area contributed by atoms with Crippen molar-refractivity contribution in [1.29, 1.82) is 0 Å². The van der Waals surface area contributed by atoms with Gasteiger partial charge in [-0.25, -0.2) is 0 Å². The predicted octanol–water partition coefficient (Wildman–Crippen LogP) is 5.14. The zero-order valence-electron chi connectivity index (χ0n) is 20.4. The number of aromatic amines is 1. The van der Waals surface area contributed by atoms with Crippen LogP contribution in [0.3, 0.4) is 0 Å². The smallest absolute Gasteiger partial charge is 0.151 e. The van der Waals surface area contributed by atoms with E-state index >= 15 is 0 Å². The van der Waals surface area contributed by atoms with Gasteiger partial charge < -0.3 is 15.3 Å². The molecule has 1 aliphatic heterocycles. The number of nitrogens with zero attached hydrogens (tertiary/aromatic N) is 4. The largest absolute Gasteiger partial charge is 0.507 e. The quantitative estimate of drug-likeness (QED) is 0.394. The molecule has 7 heteroatoms. The lowest BCUT2D eigenvalue weighted by molar-refractivity contribution is 0.160. The lowest BCUT2D eigenvalue weighted by Crippen LogP contribution is -2.62. The van der Waals surface area contributed by atoms with Crippen molar-refractivity contribution < 1.29 is 5.11 Å². The molecule has 0 bridgehead atoms. The van der Waals surface area contributed by atoms with Crippen molar-refractivity contribution in [2.75, 3.05) is 11.9 Å². The first-order valence-corrected chi connectivity index (χ1v) is 11.7. The van der Waals surface area contributed by atoms with E-state index < -0.39 is 0 Å². The van der Waals surface area contributed by atoms with Gasteiger partial charge in [-0.05, 0) is 70.4 Å². The molecule has 0 saturated carbocycles. The van der Waals surface area contributed by atoms with Crippen LogP contribution < -0.4 is 10.2 Å². The topological polar surface area (TPSA) is 90.0 Å². The minimum atomic E-state index is 0.0576. The standard InChI is InChI=1S/C27H32N6O/c1-26(2)14-19(15-27(3,4)32-26)33(5)24-12-11-22(29-30-24)21-10-9-17(13-23(21)34)20-8-6-7-18-16-28-31-25(18)20/h6-13,16,19,32,34H,14-15H2,1-5H3,(H,28,31). The van der Waals surface area contributed by atoms with Gasteiger partial charge in [0.25, 0.3) is 0 Å². The van der Waals surface area contributed by atoms with Crippen LogP contribution in [-0.4, -0.2) is 49.7 Å². The maximum Gasteiger partial charge on any atom is 0.151 e. The van der Waals surface area contributed by atoms with Crippen molar-refractivity contribution in [2.45, 2.75) is 57.7 Å². The summed E-state index contributed by atoms with van der Waals surface area (Å²) in [6.07, 6.45) is 3.86. The van der Waals surface area contributed by atoms with E-state index in [0.717, 1.165) is 40.7 Å². The highest BCUT2D eigenvalue weighted by Crippen LogP contribution is 2.36. The maximum absolute atomic E-state index is 10.8. The Bertz CT molecular complexity index is 1310. The third-order valence-electron chi connectivity index (χ3n) is 6.79. The monoisotopic (exact) mass is 456 g/mol. The summed E-state index contributed by atoms with van der Waals surface area (Å²) in [6.45, 7) is 9.01. The minimum absolute atomic E-state index is 0.0576. The van der Waals surface area contributed by atoms with Gasteiger partial charge in [0, 0.05) is 40.7 Å². The molecule has 2 aromatic carbocycles. The number of piperidine rings is 1. The molecule has 176 valence electrons. The van der Waals surface area contributed by atoms with Crippen molar-refractivity contribution >= 4 is 16.7 Å². The predicted molar refractivity (Wildman–Crippen MR) is 137 cm³/mol. The van der Waals surface area contributed by atoms with Crippen LogP contribution in [0.1, 0.15) is 40.5 Å². The SMILES string of the molecule is CN(c1ccc(-c2ccc(-c3cccc4cn[nH]c34)cc2O)nn1)C1CC(C)(C)NC(C)(C)C1. The molecule has 0 atom stereocenters. The lowest BCUT2D eigenvalue weighted by Gasteiger charge is -2.49. The van der Waals surface area contributed by atoms with E-state index in [0.29, 0.717) is 17.3 Å². The molecule has 2 aromatic heterocycles. The first kappa shape index (κ1) is 22.3. The molecule has 0 unspecified atom stereocenters. The van der Waals surface area contributed by atoms with E-state index in [1.54, 1.807) is 12.3 Å². The average molecular weight is 457 g/mol. The maximum atomic E-state index is 10.8. The van der Waals surface area contributed by atoms with Gasteiger partial charge in [0.05, 0.1) is 17.4 Å². The number of para-hydroxylation sites is 1. The molecule has 5 rings (SSSR count). The number of H-pyrrole nitrogens is 1. The number of hydrogen-bond acceptors (Lipinski definition) is 6. The second-order valence-corrected chi connectivity index (χ2v) is 10.7. The van der Waals surface area contributed by atoms with Gasteiger partial charge in [0.1, 0.15) is 5.75 Å². The van der Waals surface area contributed by atoms with Gasteiger partial charge in [-0.3, -0.25) is 5.10 Å². The molecule has 0 spiro atoms. The van der Waals surface area contributed by atoms with Gasteiger partial charge in [0.15, 0.2) is 5.82 Å². The lowest BCUT2D eigenvalue weighted by atomic mass is 9.79. The van der Waals surface area contributed by atoms with E-state index in [2.05, 4.69) is 65.4 Å². The Morgan fingerprint density at radius 1 is 0.941 bits per heavy atom. The van der Waals surface area contributed by atoms with Crippen molar-refractivity contribution in [3.05, 3.63) is 54.7 Å². The van der Waals surface area contributed by atoms with Gasteiger partial charge in [-0.2, -0.15) is 5.10 Å².